The lowest BCUT2D eigenvalue weighted by molar-refractivity contribution is -0.152. The van der Waals surface area contributed by atoms with E-state index in [1.807, 2.05) is 0 Å². The maximum absolute atomic E-state index is 12.0. The topological polar surface area (TPSA) is 104 Å². The van der Waals surface area contributed by atoms with Crippen molar-refractivity contribution in [1.29, 1.82) is 0 Å². The molecule has 2 atom stereocenters. The smallest absolute Gasteiger partial charge is 0.326 e. The highest BCUT2D eigenvalue weighted by atomic mass is 16.4. The number of nitrogens with zero attached hydrogens (tertiary/aromatic N) is 1. The monoisotopic (exact) mass is 230 g/mol. The van der Waals surface area contributed by atoms with Crippen molar-refractivity contribution >= 4 is 11.9 Å². The van der Waals surface area contributed by atoms with Gasteiger partial charge < -0.3 is 20.8 Å². The number of likely N-dealkylation sites (tertiary alicyclic amines) is 1. The van der Waals surface area contributed by atoms with Crippen molar-refractivity contribution in [2.75, 3.05) is 13.1 Å². The van der Waals surface area contributed by atoms with Crippen molar-refractivity contribution in [1.82, 2.24) is 4.90 Å². The summed E-state index contributed by atoms with van der Waals surface area (Å²) in [5, 5.41) is 18.4. The van der Waals surface area contributed by atoms with Crippen LogP contribution in [0.1, 0.15) is 20.3 Å². The van der Waals surface area contributed by atoms with Crippen LogP contribution in [0.4, 0.5) is 0 Å². The van der Waals surface area contributed by atoms with Crippen LogP contribution >= 0.6 is 0 Å². The minimum absolute atomic E-state index is 0.0687. The fourth-order valence-corrected chi connectivity index (χ4v) is 1.75. The zero-order valence-corrected chi connectivity index (χ0v) is 9.51. The van der Waals surface area contributed by atoms with Gasteiger partial charge in [0.05, 0.1) is 11.5 Å². The van der Waals surface area contributed by atoms with Crippen molar-refractivity contribution in [2.45, 2.75) is 32.4 Å². The summed E-state index contributed by atoms with van der Waals surface area (Å²) in [6.45, 7) is 3.54. The number of carbonyl (C=O) groups is 2. The molecule has 0 spiro atoms. The number of aliphatic hydroxyl groups is 1. The minimum Gasteiger partial charge on any atom is -0.480 e. The minimum atomic E-state index is -1.09. The number of nitrogens with two attached hydrogens (primary N) is 1. The molecule has 1 saturated heterocycles. The van der Waals surface area contributed by atoms with E-state index in [2.05, 4.69) is 0 Å². The van der Waals surface area contributed by atoms with Crippen LogP contribution in [0.25, 0.3) is 0 Å². The lowest BCUT2D eigenvalue weighted by Crippen LogP contribution is -2.49. The van der Waals surface area contributed by atoms with E-state index in [9.17, 15) is 14.7 Å². The fraction of sp³-hybridized carbons (Fsp3) is 0.800. The zero-order chi connectivity index (χ0) is 12.5. The van der Waals surface area contributed by atoms with E-state index in [0.29, 0.717) is 0 Å². The van der Waals surface area contributed by atoms with Gasteiger partial charge in [0, 0.05) is 19.5 Å². The number of carboxylic acid groups (broad SMARTS) is 1. The summed E-state index contributed by atoms with van der Waals surface area (Å²) in [4.78, 5) is 24.2. The van der Waals surface area contributed by atoms with E-state index in [-0.39, 0.29) is 25.4 Å². The average Bonchev–Trinajstić information content (AvgIpc) is 2.59. The Morgan fingerprint density at radius 1 is 1.50 bits per heavy atom. The average molecular weight is 230 g/mol. The van der Waals surface area contributed by atoms with E-state index in [4.69, 9.17) is 10.8 Å². The molecule has 4 N–H and O–H groups in total. The second kappa shape index (κ2) is 4.39. The van der Waals surface area contributed by atoms with Crippen molar-refractivity contribution in [3.8, 4) is 0 Å². The molecule has 92 valence electrons. The Bertz CT molecular complexity index is 303. The Morgan fingerprint density at radius 2 is 2.06 bits per heavy atom. The van der Waals surface area contributed by atoms with Crippen LogP contribution < -0.4 is 5.73 Å². The predicted octanol–water partition coefficient (Wildman–Crippen LogP) is -0.982. The number of aliphatic carboxylic acids is 1. The molecule has 0 aromatic rings. The van der Waals surface area contributed by atoms with Crippen molar-refractivity contribution in [3.63, 3.8) is 0 Å². The number of carboxylic acids is 1. The summed E-state index contributed by atoms with van der Waals surface area (Å²) in [5.41, 5.74) is 4.68. The molecule has 0 aromatic heterocycles. The highest BCUT2D eigenvalue weighted by molar-refractivity contribution is 5.87. The van der Waals surface area contributed by atoms with Gasteiger partial charge in [-0.2, -0.15) is 0 Å². The van der Waals surface area contributed by atoms with E-state index >= 15 is 0 Å². The number of hydrogen-bond donors (Lipinski definition) is 3. The first-order valence-electron chi connectivity index (χ1n) is 5.21. The van der Waals surface area contributed by atoms with E-state index < -0.39 is 23.5 Å². The van der Waals surface area contributed by atoms with Gasteiger partial charge in [-0.15, -0.1) is 0 Å². The molecule has 1 heterocycles. The second-order valence-corrected chi connectivity index (χ2v) is 4.79. The third-order valence-corrected chi connectivity index (χ3v) is 2.91. The summed E-state index contributed by atoms with van der Waals surface area (Å²) in [6.07, 6.45) is -0.680. The predicted molar refractivity (Wildman–Crippen MR) is 56.6 cm³/mol. The van der Waals surface area contributed by atoms with Crippen LogP contribution in [-0.4, -0.2) is 52.2 Å². The van der Waals surface area contributed by atoms with Gasteiger partial charge in [-0.05, 0) is 13.8 Å². The zero-order valence-electron chi connectivity index (χ0n) is 9.51. The highest BCUT2D eigenvalue weighted by Crippen LogP contribution is 2.25. The molecule has 0 bridgehead atoms. The van der Waals surface area contributed by atoms with Crippen LogP contribution in [0.5, 0.6) is 0 Å². The first kappa shape index (κ1) is 12.9. The Hall–Kier alpha value is -1.14. The van der Waals surface area contributed by atoms with Crippen LogP contribution in [0.3, 0.4) is 0 Å². The summed E-state index contributed by atoms with van der Waals surface area (Å²) in [5.74, 6) is -1.41. The van der Waals surface area contributed by atoms with Gasteiger partial charge in [0.1, 0.15) is 6.04 Å². The quantitative estimate of drug-likeness (QED) is 0.578. The van der Waals surface area contributed by atoms with Crippen molar-refractivity contribution < 1.29 is 19.8 Å². The lowest BCUT2D eigenvalue weighted by Gasteiger charge is -2.30. The van der Waals surface area contributed by atoms with Crippen LogP contribution in [0.15, 0.2) is 0 Å². The van der Waals surface area contributed by atoms with Gasteiger partial charge >= 0.3 is 5.97 Å². The van der Waals surface area contributed by atoms with Crippen molar-refractivity contribution in [3.05, 3.63) is 0 Å². The maximum Gasteiger partial charge on any atom is 0.326 e. The standard InChI is InChI=1S/C10H18N2O4/c1-10(2,5-11)9(16)12-4-6(13)3-7(12)8(14)15/h6-7,13H,3-5,11H2,1-2H3,(H,14,15)/t6-,7-/m1/s1. The van der Waals surface area contributed by atoms with Crippen LogP contribution in [-0.2, 0) is 9.59 Å². The van der Waals surface area contributed by atoms with Gasteiger partial charge in [-0.3, -0.25) is 4.79 Å². The third kappa shape index (κ3) is 2.33. The molecule has 6 heteroatoms. The molecule has 0 aromatic carbocycles. The Balaban J connectivity index is 2.86. The summed E-state index contributed by atoms with van der Waals surface area (Å²) in [6, 6.07) is -0.937. The Kier molecular flexibility index (Phi) is 3.54. The molecular weight excluding hydrogens is 212 g/mol. The fourth-order valence-electron chi connectivity index (χ4n) is 1.75. The molecular formula is C10H18N2O4. The van der Waals surface area contributed by atoms with Gasteiger partial charge in [0.2, 0.25) is 5.91 Å². The molecule has 1 aliphatic heterocycles. The molecule has 16 heavy (non-hydrogen) atoms. The number of rotatable bonds is 3. The van der Waals surface area contributed by atoms with Gasteiger partial charge in [0.15, 0.2) is 0 Å². The normalized spacial score (nSPS) is 25.9. The molecule has 0 radical (unpaired) electrons. The first-order chi connectivity index (χ1) is 7.29. The largest absolute Gasteiger partial charge is 0.480 e. The van der Waals surface area contributed by atoms with E-state index in [1.54, 1.807) is 13.8 Å². The van der Waals surface area contributed by atoms with Gasteiger partial charge in [0.25, 0.3) is 0 Å². The number of hydrogen-bond acceptors (Lipinski definition) is 4. The number of β-amino-alcohol motifs (C(OH)–C–C–N with tert-alkyl or cyclic N) is 1. The lowest BCUT2D eigenvalue weighted by atomic mass is 9.91. The summed E-state index contributed by atoms with van der Waals surface area (Å²) >= 11 is 0. The van der Waals surface area contributed by atoms with Crippen LogP contribution in [0.2, 0.25) is 0 Å². The number of amides is 1. The molecule has 0 aliphatic carbocycles. The Morgan fingerprint density at radius 3 is 2.50 bits per heavy atom. The molecule has 1 fully saturated rings. The van der Waals surface area contributed by atoms with Gasteiger partial charge in [-0.1, -0.05) is 0 Å². The summed E-state index contributed by atoms with van der Waals surface area (Å²) < 4.78 is 0. The van der Waals surface area contributed by atoms with E-state index in [0.717, 1.165) is 0 Å². The van der Waals surface area contributed by atoms with Crippen LogP contribution in [0, 0.1) is 5.41 Å². The van der Waals surface area contributed by atoms with Crippen molar-refractivity contribution in [2.24, 2.45) is 11.1 Å². The molecule has 1 aliphatic rings. The molecule has 0 unspecified atom stereocenters. The first-order valence-corrected chi connectivity index (χ1v) is 5.21. The molecule has 1 amide bonds. The highest BCUT2D eigenvalue weighted by Gasteiger charge is 2.43. The van der Waals surface area contributed by atoms with E-state index in [1.165, 1.54) is 4.90 Å². The molecule has 1 rings (SSSR count). The van der Waals surface area contributed by atoms with Gasteiger partial charge in [-0.25, -0.2) is 4.79 Å². The number of aliphatic hydroxyl groups excluding tert-OH is 1. The second-order valence-electron chi connectivity index (χ2n) is 4.79. The third-order valence-electron chi connectivity index (χ3n) is 2.91. The molecule has 0 saturated carbocycles. The Labute approximate surface area is 94.0 Å². The summed E-state index contributed by atoms with van der Waals surface area (Å²) in [7, 11) is 0. The molecule has 6 nitrogen and oxygen atoms in total. The number of carbonyl (C=O) groups excluding carboxylic acids is 1. The SMILES string of the molecule is CC(C)(CN)C(=O)N1C[C@H](O)C[C@@H]1C(=O)O. The maximum atomic E-state index is 12.0.